The predicted octanol–water partition coefficient (Wildman–Crippen LogP) is 8.61. The molecular weight excluding hydrogens is 917 g/mol. The molecule has 2 fully saturated rings. The van der Waals surface area contributed by atoms with Gasteiger partial charge in [-0.05, 0) is 131 Å². The number of fused-ring (bicyclic) bond motifs is 1. The first-order valence-corrected chi connectivity index (χ1v) is 25.5. The van der Waals surface area contributed by atoms with Crippen molar-refractivity contribution in [3.05, 3.63) is 106 Å². The molecule has 0 spiro atoms. The van der Waals surface area contributed by atoms with Gasteiger partial charge in [-0.2, -0.15) is 0 Å². The van der Waals surface area contributed by atoms with Crippen LogP contribution >= 0.6 is 0 Å². The fourth-order valence-corrected chi connectivity index (χ4v) is 9.34. The zero-order valence-electron chi connectivity index (χ0n) is 42.5. The Morgan fingerprint density at radius 1 is 0.833 bits per heavy atom. The van der Waals surface area contributed by atoms with Crippen molar-refractivity contribution in [3.8, 4) is 5.75 Å². The van der Waals surface area contributed by atoms with Crippen LogP contribution in [0.3, 0.4) is 0 Å². The van der Waals surface area contributed by atoms with E-state index in [-0.39, 0.29) is 60.0 Å². The molecule has 2 aliphatic heterocycles. The van der Waals surface area contributed by atoms with Crippen molar-refractivity contribution < 1.29 is 52.6 Å². The SMILES string of the molecule is C=C1CCC[C@H](N2C(=O)c3cccc(OCC(=O)NCCCCCC(=O)CCC(=O)Nc4cccc([C@@H](CCc5ccc(C)c(C)c5)OC(=O)[C@@H]5CCCCN5C(=O)C(=O)C(C)(C)CC)c4)c3C2=O)C(=O)C1. The molecule has 72 heavy (non-hydrogen) atoms. The van der Waals surface area contributed by atoms with Crippen LogP contribution < -0.4 is 15.4 Å². The van der Waals surface area contributed by atoms with Gasteiger partial charge in [0, 0.05) is 49.9 Å². The Labute approximate surface area is 422 Å². The minimum Gasteiger partial charge on any atom is -0.483 e. The molecule has 2 N–H and O–H groups in total. The van der Waals surface area contributed by atoms with Crippen molar-refractivity contribution in [1.29, 1.82) is 0 Å². The number of Topliss-reactive ketones (excluding diaryl/α,β-unsaturated/α-hetero) is 3. The van der Waals surface area contributed by atoms with Crippen LogP contribution in [0.1, 0.15) is 166 Å². The van der Waals surface area contributed by atoms with E-state index in [1.807, 2.05) is 32.9 Å². The number of ketones is 3. The molecule has 0 radical (unpaired) electrons. The summed E-state index contributed by atoms with van der Waals surface area (Å²) < 4.78 is 12.0. The Morgan fingerprint density at radius 2 is 1.61 bits per heavy atom. The number of esters is 1. The number of anilines is 1. The van der Waals surface area contributed by atoms with E-state index in [9.17, 15) is 43.2 Å². The molecule has 3 aromatic rings. The monoisotopic (exact) mass is 987 g/mol. The van der Waals surface area contributed by atoms with Gasteiger partial charge in [0.05, 0.1) is 17.2 Å². The standard InChI is InChI=1S/C57H70N4O11/c1-7-57(5,6)52(66)55(69)60-31-12-10-21-45(60)56(70)72-47(28-26-39-25-24-37(3)38(4)33-39)40-17-14-18-41(34-40)59-49(64)29-27-42(62)19-9-8-11-30-58-50(65)35-71-48-23-15-20-43-51(48)54(68)61(53(43)67)44-22-13-16-36(2)32-46(44)63/h14-15,17-18,20,23-25,33-34,44-45,47H,2,7-13,16,19,21-22,26-32,35H2,1,3-6H3,(H,58,65)(H,59,64)/t44-,45-,47+/m0/s1. The van der Waals surface area contributed by atoms with Crippen molar-refractivity contribution >= 4 is 58.5 Å². The van der Waals surface area contributed by atoms with Gasteiger partial charge in [0.1, 0.15) is 23.7 Å². The fraction of sp³-hybridized carbons (Fsp3) is 0.491. The number of carbonyl (C=O) groups excluding carboxylic acids is 9. The Balaban J connectivity index is 0.943. The van der Waals surface area contributed by atoms with Crippen molar-refractivity contribution in [1.82, 2.24) is 15.1 Å². The number of piperidine rings is 1. The minimum atomic E-state index is -0.896. The highest BCUT2D eigenvalue weighted by Gasteiger charge is 2.45. The van der Waals surface area contributed by atoms with E-state index in [2.05, 4.69) is 29.3 Å². The number of aryl methyl sites for hydroxylation is 3. The second-order valence-electron chi connectivity index (χ2n) is 20.1. The average Bonchev–Trinajstić information content (AvgIpc) is 3.49. The number of likely N-dealkylation sites (tertiary alicyclic amines) is 1. The molecule has 0 unspecified atom stereocenters. The summed E-state index contributed by atoms with van der Waals surface area (Å²) in [6.07, 6.45) is 6.43. The highest BCUT2D eigenvalue weighted by Crippen LogP contribution is 2.35. The molecule has 2 heterocycles. The molecule has 0 aromatic heterocycles. The first-order valence-electron chi connectivity index (χ1n) is 25.5. The summed E-state index contributed by atoms with van der Waals surface area (Å²) in [5, 5.41) is 5.65. The van der Waals surface area contributed by atoms with E-state index in [1.165, 1.54) is 22.6 Å². The van der Waals surface area contributed by atoms with Gasteiger partial charge in [-0.25, -0.2) is 4.79 Å². The normalized spacial score (nSPS) is 17.5. The van der Waals surface area contributed by atoms with Gasteiger partial charge in [-0.15, -0.1) is 0 Å². The van der Waals surface area contributed by atoms with Gasteiger partial charge in [0.25, 0.3) is 23.6 Å². The van der Waals surface area contributed by atoms with Gasteiger partial charge in [0.15, 0.2) is 12.4 Å². The number of unbranched alkanes of at least 4 members (excludes halogenated alkanes) is 2. The molecule has 1 aliphatic carbocycles. The number of ether oxygens (including phenoxy) is 2. The van der Waals surface area contributed by atoms with Gasteiger partial charge < -0.3 is 25.0 Å². The molecule has 15 nitrogen and oxygen atoms in total. The summed E-state index contributed by atoms with van der Waals surface area (Å²) in [4.78, 5) is 121. The number of amides is 5. The maximum absolute atomic E-state index is 14.0. The van der Waals surface area contributed by atoms with E-state index >= 15 is 0 Å². The zero-order valence-corrected chi connectivity index (χ0v) is 42.5. The fourth-order valence-electron chi connectivity index (χ4n) is 9.34. The van der Waals surface area contributed by atoms with Crippen LogP contribution in [0.25, 0.3) is 0 Å². The highest BCUT2D eigenvalue weighted by atomic mass is 16.5. The molecule has 384 valence electrons. The molecule has 1 saturated heterocycles. The van der Waals surface area contributed by atoms with Crippen LogP contribution in [-0.4, -0.2) is 94.4 Å². The molecule has 3 atom stereocenters. The van der Waals surface area contributed by atoms with Crippen molar-refractivity contribution in [2.45, 2.75) is 156 Å². The summed E-state index contributed by atoms with van der Waals surface area (Å²) in [5.41, 5.74) is 4.60. The van der Waals surface area contributed by atoms with Gasteiger partial charge in [0.2, 0.25) is 11.7 Å². The maximum Gasteiger partial charge on any atom is 0.329 e. The van der Waals surface area contributed by atoms with Crippen LogP contribution in [-0.2, 0) is 44.7 Å². The zero-order chi connectivity index (χ0) is 52.1. The number of benzene rings is 3. The molecular formula is C57H70N4O11. The lowest BCUT2D eigenvalue weighted by Crippen LogP contribution is -2.53. The third-order valence-corrected chi connectivity index (χ3v) is 14.3. The van der Waals surface area contributed by atoms with Crippen LogP contribution in [0.2, 0.25) is 0 Å². The number of carbonyl (C=O) groups is 9. The molecule has 0 bridgehead atoms. The third-order valence-electron chi connectivity index (χ3n) is 14.3. The van der Waals surface area contributed by atoms with E-state index < -0.39 is 65.6 Å². The first kappa shape index (κ1) is 54.6. The average molecular weight is 987 g/mol. The number of hydrogen-bond donors (Lipinski definition) is 2. The number of nitrogens with one attached hydrogen (secondary N) is 2. The van der Waals surface area contributed by atoms with Gasteiger partial charge in [-0.1, -0.05) is 75.7 Å². The minimum absolute atomic E-state index is 0.0271. The molecule has 15 heteroatoms. The summed E-state index contributed by atoms with van der Waals surface area (Å²) in [6, 6.07) is 16.1. The van der Waals surface area contributed by atoms with Crippen LogP contribution in [0.5, 0.6) is 5.75 Å². The summed E-state index contributed by atoms with van der Waals surface area (Å²) >= 11 is 0. The summed E-state index contributed by atoms with van der Waals surface area (Å²) in [6.45, 7) is 13.5. The highest BCUT2D eigenvalue weighted by molar-refractivity contribution is 6.38. The van der Waals surface area contributed by atoms with Crippen molar-refractivity contribution in [2.75, 3.05) is 25.0 Å². The molecule has 6 rings (SSSR count). The number of hydrogen-bond acceptors (Lipinski definition) is 11. The number of imide groups is 1. The second kappa shape index (κ2) is 25.1. The number of nitrogens with zero attached hydrogens (tertiary/aromatic N) is 2. The van der Waals surface area contributed by atoms with Crippen LogP contribution in [0.15, 0.2) is 72.8 Å². The maximum atomic E-state index is 14.0. The van der Waals surface area contributed by atoms with Crippen molar-refractivity contribution in [2.24, 2.45) is 5.41 Å². The summed E-state index contributed by atoms with van der Waals surface area (Å²) in [5.74, 6) is -3.91. The van der Waals surface area contributed by atoms with Crippen LogP contribution in [0, 0.1) is 19.3 Å². The predicted molar refractivity (Wildman–Crippen MR) is 271 cm³/mol. The lowest BCUT2D eigenvalue weighted by molar-refractivity contribution is -0.164. The van der Waals surface area contributed by atoms with E-state index in [0.717, 1.165) is 21.6 Å². The van der Waals surface area contributed by atoms with E-state index in [0.29, 0.717) is 101 Å². The molecule has 1 saturated carbocycles. The Bertz CT molecular complexity index is 2580. The molecule has 5 amide bonds. The van der Waals surface area contributed by atoms with E-state index in [1.54, 1.807) is 38.1 Å². The smallest absolute Gasteiger partial charge is 0.329 e. The molecule has 3 aromatic carbocycles. The topological polar surface area (TPSA) is 203 Å². The lowest BCUT2D eigenvalue weighted by atomic mass is 9.84. The Morgan fingerprint density at radius 3 is 2.38 bits per heavy atom. The largest absolute Gasteiger partial charge is 0.483 e. The third kappa shape index (κ3) is 14.0. The second-order valence-corrected chi connectivity index (χ2v) is 20.1. The van der Waals surface area contributed by atoms with E-state index in [4.69, 9.17) is 9.47 Å². The first-order chi connectivity index (χ1) is 34.4. The van der Waals surface area contributed by atoms with Crippen molar-refractivity contribution in [3.63, 3.8) is 0 Å². The number of rotatable bonds is 23. The Kier molecular flexibility index (Phi) is 19.0. The number of allylic oxidation sites excluding steroid dienone is 1. The summed E-state index contributed by atoms with van der Waals surface area (Å²) in [7, 11) is 0. The van der Waals surface area contributed by atoms with Gasteiger partial charge >= 0.3 is 5.97 Å². The Hall–Kier alpha value is -6.77. The van der Waals surface area contributed by atoms with Gasteiger partial charge in [-0.3, -0.25) is 43.3 Å². The quantitative estimate of drug-likeness (QED) is 0.0230. The lowest BCUT2D eigenvalue weighted by Gasteiger charge is -2.36. The van der Waals surface area contributed by atoms with Crippen LogP contribution in [0.4, 0.5) is 5.69 Å². The molecule has 3 aliphatic rings.